The summed E-state index contributed by atoms with van der Waals surface area (Å²) >= 11 is 1.42. The van der Waals surface area contributed by atoms with Crippen LogP contribution in [0.1, 0.15) is 11.1 Å². The van der Waals surface area contributed by atoms with E-state index in [1.807, 2.05) is 73.0 Å². The van der Waals surface area contributed by atoms with Crippen molar-refractivity contribution in [1.82, 2.24) is 15.0 Å². The van der Waals surface area contributed by atoms with Crippen molar-refractivity contribution in [3.05, 3.63) is 93.9 Å². The monoisotopic (exact) mass is 428 g/mol. The molecule has 0 fully saturated rings. The molecule has 4 rings (SSSR count). The number of hydrogen-bond acceptors (Lipinski definition) is 5. The zero-order chi connectivity index (χ0) is 21.6. The maximum absolute atomic E-state index is 13.0. The van der Waals surface area contributed by atoms with Crippen molar-refractivity contribution < 1.29 is 4.79 Å². The van der Waals surface area contributed by atoms with Gasteiger partial charge in [0.25, 0.3) is 11.5 Å². The Morgan fingerprint density at radius 3 is 2.71 bits per heavy atom. The summed E-state index contributed by atoms with van der Waals surface area (Å²) in [5, 5.41) is 6.35. The lowest BCUT2D eigenvalue weighted by Crippen LogP contribution is -2.30. The number of carbonyl (C=O) groups is 1. The number of thiophene rings is 1. The molecule has 0 unspecified atom stereocenters. The van der Waals surface area contributed by atoms with E-state index in [0.717, 1.165) is 22.3 Å². The maximum atomic E-state index is 13.0. The Hall–Kier alpha value is -3.84. The number of hydrazone groups is 1. The Balaban J connectivity index is 1.47. The summed E-state index contributed by atoms with van der Waals surface area (Å²) in [6.45, 7) is 1.85. The topological polar surface area (TPSA) is 76.3 Å². The van der Waals surface area contributed by atoms with E-state index in [-0.39, 0.29) is 12.1 Å². The van der Waals surface area contributed by atoms with Crippen LogP contribution >= 0.6 is 11.3 Å². The van der Waals surface area contributed by atoms with Crippen molar-refractivity contribution >= 4 is 39.8 Å². The molecule has 0 bridgehead atoms. The maximum Gasteiger partial charge on any atom is 0.263 e. The van der Waals surface area contributed by atoms with Crippen molar-refractivity contribution in [3.63, 3.8) is 0 Å². The zero-order valence-electron chi connectivity index (χ0n) is 16.9. The molecule has 0 spiro atoms. The minimum Gasteiger partial charge on any atom is -0.289 e. The van der Waals surface area contributed by atoms with Gasteiger partial charge in [0.2, 0.25) is 0 Å². The van der Waals surface area contributed by atoms with Gasteiger partial charge in [0.1, 0.15) is 11.4 Å². The van der Waals surface area contributed by atoms with Crippen molar-refractivity contribution in [3.8, 4) is 11.1 Å². The zero-order valence-corrected chi connectivity index (χ0v) is 17.7. The van der Waals surface area contributed by atoms with Crippen molar-refractivity contribution in [2.24, 2.45) is 5.10 Å². The first-order valence-corrected chi connectivity index (χ1v) is 10.6. The SMILES string of the molecule is Cc1ccc(-c2csc3ncn(CC(=O)N/N=C/C=C/c4ccccc4)c(=O)c23)cc1. The molecule has 2 heterocycles. The van der Waals surface area contributed by atoms with Gasteiger partial charge >= 0.3 is 0 Å². The van der Waals surface area contributed by atoms with Gasteiger partial charge in [-0.05, 0) is 24.1 Å². The number of benzene rings is 2. The van der Waals surface area contributed by atoms with Gasteiger partial charge in [-0.25, -0.2) is 10.4 Å². The van der Waals surface area contributed by atoms with Crippen LogP contribution in [0.25, 0.3) is 27.4 Å². The number of rotatable bonds is 6. The first-order valence-electron chi connectivity index (χ1n) is 9.69. The summed E-state index contributed by atoms with van der Waals surface area (Å²) in [5.74, 6) is -0.403. The summed E-state index contributed by atoms with van der Waals surface area (Å²) in [6, 6.07) is 17.7. The third-order valence-corrected chi connectivity index (χ3v) is 5.56. The first kappa shape index (κ1) is 20.4. The average molecular weight is 429 g/mol. The number of amides is 1. The Kier molecular flexibility index (Phi) is 6.14. The summed E-state index contributed by atoms with van der Waals surface area (Å²) in [4.78, 5) is 30.3. The van der Waals surface area contributed by atoms with Crippen molar-refractivity contribution in [2.45, 2.75) is 13.5 Å². The number of fused-ring (bicyclic) bond motifs is 1. The van der Waals surface area contributed by atoms with Gasteiger partial charge in [0.05, 0.1) is 11.7 Å². The molecule has 1 N–H and O–H groups in total. The molecule has 7 heteroatoms. The van der Waals surface area contributed by atoms with Crippen LogP contribution in [-0.2, 0) is 11.3 Å². The van der Waals surface area contributed by atoms with Gasteiger partial charge in [0, 0.05) is 17.2 Å². The van der Waals surface area contributed by atoms with Crippen LogP contribution in [0.2, 0.25) is 0 Å². The Morgan fingerprint density at radius 1 is 1.16 bits per heavy atom. The molecule has 2 aromatic heterocycles. The van der Waals surface area contributed by atoms with E-state index in [2.05, 4.69) is 15.5 Å². The normalized spacial score (nSPS) is 11.5. The molecule has 154 valence electrons. The predicted molar refractivity (Wildman–Crippen MR) is 126 cm³/mol. The van der Waals surface area contributed by atoms with Crippen LogP contribution in [0.3, 0.4) is 0 Å². The second kappa shape index (κ2) is 9.32. The van der Waals surface area contributed by atoms with Gasteiger partial charge in [0.15, 0.2) is 0 Å². The van der Waals surface area contributed by atoms with Crippen LogP contribution in [0.15, 0.2) is 82.3 Å². The quantitative estimate of drug-likeness (QED) is 0.368. The lowest BCUT2D eigenvalue weighted by molar-refractivity contribution is -0.121. The summed E-state index contributed by atoms with van der Waals surface area (Å²) in [6.07, 6.45) is 6.50. The van der Waals surface area contributed by atoms with Crippen molar-refractivity contribution in [2.75, 3.05) is 0 Å². The molecule has 0 saturated heterocycles. The van der Waals surface area contributed by atoms with Crippen molar-refractivity contribution in [1.29, 1.82) is 0 Å². The summed E-state index contributed by atoms with van der Waals surface area (Å²) < 4.78 is 1.30. The lowest BCUT2D eigenvalue weighted by Gasteiger charge is -2.05. The molecule has 31 heavy (non-hydrogen) atoms. The third-order valence-electron chi connectivity index (χ3n) is 4.68. The van der Waals surface area contributed by atoms with Crippen LogP contribution in [0.4, 0.5) is 0 Å². The summed E-state index contributed by atoms with van der Waals surface area (Å²) in [5.41, 5.74) is 6.15. The Morgan fingerprint density at radius 2 is 1.94 bits per heavy atom. The highest BCUT2D eigenvalue weighted by atomic mass is 32.1. The van der Waals surface area contributed by atoms with E-state index in [4.69, 9.17) is 0 Å². The van der Waals surface area contributed by atoms with Gasteiger partial charge in [-0.1, -0.05) is 66.2 Å². The van der Waals surface area contributed by atoms with Gasteiger partial charge < -0.3 is 0 Å². The lowest BCUT2D eigenvalue weighted by atomic mass is 10.1. The van der Waals surface area contributed by atoms with E-state index in [1.54, 1.807) is 6.08 Å². The standard InChI is InChI=1S/C24H20N4O2S/c1-17-9-11-19(12-10-17)20-15-31-23-22(20)24(30)28(16-25-23)14-21(29)27-26-13-5-8-18-6-3-2-4-7-18/h2-13,15-16H,14H2,1H3,(H,27,29)/b8-5+,26-13+. The van der Waals surface area contributed by atoms with Crippen LogP contribution in [-0.4, -0.2) is 21.7 Å². The molecule has 2 aromatic carbocycles. The highest BCUT2D eigenvalue weighted by Crippen LogP contribution is 2.30. The molecule has 0 atom stereocenters. The van der Waals surface area contributed by atoms with Crippen LogP contribution < -0.4 is 11.0 Å². The number of carbonyl (C=O) groups excluding carboxylic acids is 1. The van der Waals surface area contributed by atoms with E-state index >= 15 is 0 Å². The molecule has 0 aliphatic heterocycles. The van der Waals surface area contributed by atoms with Gasteiger partial charge in [-0.2, -0.15) is 5.10 Å². The molecule has 0 saturated carbocycles. The smallest absolute Gasteiger partial charge is 0.263 e. The van der Waals surface area contributed by atoms with E-state index in [9.17, 15) is 9.59 Å². The molecule has 0 aliphatic rings. The second-order valence-electron chi connectivity index (χ2n) is 6.96. The fourth-order valence-electron chi connectivity index (χ4n) is 3.09. The largest absolute Gasteiger partial charge is 0.289 e. The van der Waals surface area contributed by atoms with Gasteiger partial charge in [-0.15, -0.1) is 11.3 Å². The number of allylic oxidation sites excluding steroid dienone is 1. The fraction of sp³-hybridized carbons (Fsp3) is 0.0833. The predicted octanol–water partition coefficient (Wildman–Crippen LogP) is 4.25. The summed E-state index contributed by atoms with van der Waals surface area (Å²) in [7, 11) is 0. The minimum absolute atomic E-state index is 0.162. The first-order chi connectivity index (χ1) is 15.1. The Labute approximate surface area is 183 Å². The van der Waals surface area contributed by atoms with Crippen LogP contribution in [0, 0.1) is 6.92 Å². The fourth-order valence-corrected chi connectivity index (χ4v) is 3.99. The average Bonchev–Trinajstić information content (AvgIpc) is 3.22. The number of nitrogens with one attached hydrogen (secondary N) is 1. The highest BCUT2D eigenvalue weighted by molar-refractivity contribution is 7.17. The second-order valence-corrected chi connectivity index (χ2v) is 7.81. The molecular formula is C24H20N4O2S. The van der Waals surface area contributed by atoms with E-state index in [1.165, 1.54) is 28.4 Å². The van der Waals surface area contributed by atoms with Crippen LogP contribution in [0.5, 0.6) is 0 Å². The number of aromatic nitrogens is 2. The number of nitrogens with zero attached hydrogens (tertiary/aromatic N) is 3. The van der Waals surface area contributed by atoms with E-state index < -0.39 is 5.91 Å². The molecule has 4 aromatic rings. The molecule has 0 aliphatic carbocycles. The molecule has 0 radical (unpaired) electrons. The van der Waals surface area contributed by atoms with Gasteiger partial charge in [-0.3, -0.25) is 14.2 Å². The molecule has 1 amide bonds. The number of hydrogen-bond donors (Lipinski definition) is 1. The Bertz CT molecular complexity index is 1320. The van der Waals surface area contributed by atoms with E-state index in [0.29, 0.717) is 10.2 Å². The molecular weight excluding hydrogens is 408 g/mol. The highest BCUT2D eigenvalue weighted by Gasteiger charge is 2.14. The minimum atomic E-state index is -0.403. The third kappa shape index (κ3) is 4.84. The molecule has 6 nitrogen and oxygen atoms in total. The number of aryl methyl sites for hydroxylation is 1.